The fourth-order valence-electron chi connectivity index (χ4n) is 1.33. The van der Waals surface area contributed by atoms with E-state index in [1.54, 1.807) is 6.07 Å². The largest absolute Gasteiger partial charge is 0.272 e. The Morgan fingerprint density at radius 3 is 2.68 bits per heavy atom. The highest BCUT2D eigenvalue weighted by molar-refractivity contribution is 7.89. The number of nitro benzene ring substituents is 1. The highest BCUT2D eigenvalue weighted by Crippen LogP contribution is 2.20. The molecule has 0 saturated carbocycles. The Labute approximate surface area is 108 Å². The van der Waals surface area contributed by atoms with Crippen LogP contribution in [0.3, 0.4) is 0 Å². The van der Waals surface area contributed by atoms with E-state index in [2.05, 4.69) is 4.72 Å². The van der Waals surface area contributed by atoms with Crippen LogP contribution in [0.4, 0.5) is 10.1 Å². The number of nitrogens with zero attached hydrogens (tertiary/aromatic N) is 2. The van der Waals surface area contributed by atoms with Crippen LogP contribution in [0.5, 0.6) is 0 Å². The predicted molar refractivity (Wildman–Crippen MR) is 63.1 cm³/mol. The SMILES string of the molecule is CC(CC#N)NS(=O)(=O)c1ccc([N+](=O)[O-])cc1F. The number of benzene rings is 1. The van der Waals surface area contributed by atoms with Crippen molar-refractivity contribution in [3.8, 4) is 6.07 Å². The number of sulfonamides is 1. The molecule has 1 aromatic rings. The van der Waals surface area contributed by atoms with Crippen molar-refractivity contribution in [1.29, 1.82) is 5.26 Å². The molecular weight excluding hydrogens is 277 g/mol. The average molecular weight is 287 g/mol. The number of halogens is 1. The van der Waals surface area contributed by atoms with E-state index in [0.717, 1.165) is 12.1 Å². The van der Waals surface area contributed by atoms with Gasteiger partial charge in [-0.05, 0) is 13.0 Å². The van der Waals surface area contributed by atoms with Crippen LogP contribution in [0.15, 0.2) is 23.1 Å². The van der Waals surface area contributed by atoms with Crippen LogP contribution in [0.25, 0.3) is 0 Å². The molecule has 0 bridgehead atoms. The van der Waals surface area contributed by atoms with Gasteiger partial charge in [0.05, 0.1) is 23.5 Å². The van der Waals surface area contributed by atoms with E-state index in [1.807, 2.05) is 0 Å². The third kappa shape index (κ3) is 3.70. The molecule has 1 N–H and O–H groups in total. The van der Waals surface area contributed by atoms with Crippen molar-refractivity contribution in [3.05, 3.63) is 34.1 Å². The normalized spacial score (nSPS) is 12.7. The van der Waals surface area contributed by atoms with Gasteiger partial charge >= 0.3 is 0 Å². The molecule has 1 unspecified atom stereocenters. The van der Waals surface area contributed by atoms with Crippen molar-refractivity contribution in [2.75, 3.05) is 0 Å². The van der Waals surface area contributed by atoms with Gasteiger partial charge < -0.3 is 0 Å². The molecule has 0 heterocycles. The van der Waals surface area contributed by atoms with Crippen molar-refractivity contribution >= 4 is 15.7 Å². The first kappa shape index (κ1) is 15.0. The van der Waals surface area contributed by atoms with Crippen molar-refractivity contribution in [2.24, 2.45) is 0 Å². The summed E-state index contributed by atoms with van der Waals surface area (Å²) >= 11 is 0. The maximum absolute atomic E-state index is 13.6. The van der Waals surface area contributed by atoms with Crippen molar-refractivity contribution in [3.63, 3.8) is 0 Å². The Bertz CT molecular complexity index is 639. The predicted octanol–water partition coefficient (Wildman–Crippen LogP) is 1.31. The Morgan fingerprint density at radius 2 is 2.21 bits per heavy atom. The van der Waals surface area contributed by atoms with Crippen molar-refractivity contribution < 1.29 is 17.7 Å². The van der Waals surface area contributed by atoms with Crippen LogP contribution in [0.1, 0.15) is 13.3 Å². The molecule has 0 spiro atoms. The van der Waals surface area contributed by atoms with E-state index >= 15 is 0 Å². The Kier molecular flexibility index (Phi) is 4.52. The van der Waals surface area contributed by atoms with E-state index in [0.29, 0.717) is 6.07 Å². The fraction of sp³-hybridized carbons (Fsp3) is 0.300. The van der Waals surface area contributed by atoms with Gasteiger partial charge in [-0.3, -0.25) is 10.1 Å². The lowest BCUT2D eigenvalue weighted by molar-refractivity contribution is -0.385. The molecule has 0 amide bonds. The second-order valence-electron chi connectivity index (χ2n) is 3.76. The molecule has 0 aliphatic carbocycles. The van der Waals surface area contributed by atoms with Crippen LogP contribution >= 0.6 is 0 Å². The van der Waals surface area contributed by atoms with Gasteiger partial charge in [-0.25, -0.2) is 17.5 Å². The van der Waals surface area contributed by atoms with Crippen molar-refractivity contribution in [2.45, 2.75) is 24.3 Å². The first-order valence-electron chi connectivity index (χ1n) is 5.11. The second kappa shape index (κ2) is 5.73. The Balaban J connectivity index is 3.09. The summed E-state index contributed by atoms with van der Waals surface area (Å²) in [5.74, 6) is -1.22. The Morgan fingerprint density at radius 1 is 1.58 bits per heavy atom. The lowest BCUT2D eigenvalue weighted by atomic mass is 10.3. The third-order valence-corrected chi connectivity index (χ3v) is 3.79. The quantitative estimate of drug-likeness (QED) is 0.648. The molecule has 0 radical (unpaired) electrons. The van der Waals surface area contributed by atoms with Gasteiger partial charge in [-0.2, -0.15) is 5.26 Å². The summed E-state index contributed by atoms with van der Waals surface area (Å²) in [6.45, 7) is 1.45. The lowest BCUT2D eigenvalue weighted by Crippen LogP contribution is -2.32. The smallest absolute Gasteiger partial charge is 0.258 e. The number of hydrogen-bond acceptors (Lipinski definition) is 5. The molecule has 19 heavy (non-hydrogen) atoms. The van der Waals surface area contributed by atoms with Crippen LogP contribution in [0, 0.1) is 27.3 Å². The maximum Gasteiger partial charge on any atom is 0.272 e. The zero-order chi connectivity index (χ0) is 14.6. The summed E-state index contributed by atoms with van der Waals surface area (Å²) in [6.07, 6.45) is -0.0756. The van der Waals surface area contributed by atoms with E-state index in [-0.39, 0.29) is 6.42 Å². The van der Waals surface area contributed by atoms with Gasteiger partial charge in [0.1, 0.15) is 10.7 Å². The van der Waals surface area contributed by atoms with Gasteiger partial charge in [-0.1, -0.05) is 0 Å². The van der Waals surface area contributed by atoms with Gasteiger partial charge in [0, 0.05) is 12.1 Å². The average Bonchev–Trinajstić information content (AvgIpc) is 2.27. The molecule has 7 nitrogen and oxygen atoms in total. The molecule has 0 aliphatic heterocycles. The monoisotopic (exact) mass is 287 g/mol. The lowest BCUT2D eigenvalue weighted by Gasteiger charge is -2.11. The molecule has 0 fully saturated rings. The van der Waals surface area contributed by atoms with Crippen molar-refractivity contribution in [1.82, 2.24) is 4.72 Å². The Hall–Kier alpha value is -2.05. The number of nitrogens with one attached hydrogen (secondary N) is 1. The van der Waals surface area contributed by atoms with Crippen LogP contribution in [-0.4, -0.2) is 19.4 Å². The van der Waals surface area contributed by atoms with Gasteiger partial charge in [0.25, 0.3) is 5.69 Å². The number of rotatable bonds is 5. The first-order valence-corrected chi connectivity index (χ1v) is 6.59. The highest BCUT2D eigenvalue weighted by atomic mass is 32.2. The van der Waals surface area contributed by atoms with E-state index in [4.69, 9.17) is 5.26 Å². The molecule has 0 saturated heterocycles. The topological polar surface area (TPSA) is 113 Å². The van der Waals surface area contributed by atoms with E-state index in [1.165, 1.54) is 6.92 Å². The number of hydrogen-bond donors (Lipinski definition) is 1. The summed E-state index contributed by atoms with van der Waals surface area (Å²) in [7, 11) is -4.15. The number of non-ortho nitro benzene ring substituents is 1. The zero-order valence-corrected chi connectivity index (χ0v) is 10.6. The van der Waals surface area contributed by atoms with Crippen LogP contribution in [-0.2, 0) is 10.0 Å². The first-order chi connectivity index (χ1) is 8.77. The number of nitriles is 1. The minimum atomic E-state index is -4.15. The van der Waals surface area contributed by atoms with E-state index < -0.39 is 37.4 Å². The van der Waals surface area contributed by atoms with Gasteiger partial charge in [0.2, 0.25) is 10.0 Å². The molecule has 0 aliphatic rings. The number of nitro groups is 1. The molecular formula is C10H10FN3O4S. The van der Waals surface area contributed by atoms with Crippen LogP contribution in [0.2, 0.25) is 0 Å². The molecule has 9 heteroatoms. The molecule has 0 aromatic heterocycles. The fourth-order valence-corrected chi connectivity index (χ4v) is 2.63. The van der Waals surface area contributed by atoms with E-state index in [9.17, 15) is 22.9 Å². The highest BCUT2D eigenvalue weighted by Gasteiger charge is 2.23. The standard InChI is InChI=1S/C10H10FN3O4S/c1-7(4-5-12)13-19(17,18)10-3-2-8(14(15)16)6-9(10)11/h2-3,6-7,13H,4H2,1H3. The minimum absolute atomic E-state index is 0.0756. The second-order valence-corrected chi connectivity index (χ2v) is 5.44. The summed E-state index contributed by atoms with van der Waals surface area (Å²) in [6, 6.07) is 3.32. The summed E-state index contributed by atoms with van der Waals surface area (Å²) in [4.78, 5) is 8.89. The third-order valence-electron chi connectivity index (χ3n) is 2.17. The summed E-state index contributed by atoms with van der Waals surface area (Å²) < 4.78 is 39.2. The summed E-state index contributed by atoms with van der Waals surface area (Å²) in [5, 5.41) is 18.8. The van der Waals surface area contributed by atoms with Gasteiger partial charge in [0.15, 0.2) is 0 Å². The summed E-state index contributed by atoms with van der Waals surface area (Å²) in [5.41, 5.74) is -0.540. The molecule has 1 aromatic carbocycles. The van der Waals surface area contributed by atoms with Crippen LogP contribution < -0.4 is 4.72 Å². The molecule has 102 valence electrons. The van der Waals surface area contributed by atoms with Gasteiger partial charge in [-0.15, -0.1) is 0 Å². The maximum atomic E-state index is 13.6. The zero-order valence-electron chi connectivity index (χ0n) is 9.83. The molecule has 1 atom stereocenters. The molecule has 1 rings (SSSR count). The minimum Gasteiger partial charge on any atom is -0.258 e.